The Morgan fingerprint density at radius 3 is 2.55 bits per heavy atom. The molecule has 3 N–H and O–H groups in total. The summed E-state index contributed by atoms with van der Waals surface area (Å²) in [6, 6.07) is 5.70. The van der Waals surface area contributed by atoms with E-state index in [1.807, 2.05) is 13.1 Å². The van der Waals surface area contributed by atoms with Crippen molar-refractivity contribution in [2.45, 2.75) is 44.9 Å². The molecule has 0 unspecified atom stereocenters. The van der Waals surface area contributed by atoms with Gasteiger partial charge in [-0.05, 0) is 56.5 Å². The van der Waals surface area contributed by atoms with E-state index >= 15 is 0 Å². The summed E-state index contributed by atoms with van der Waals surface area (Å²) in [7, 11) is 2.03. The van der Waals surface area contributed by atoms with Crippen molar-refractivity contribution in [3.63, 3.8) is 0 Å². The number of nitrogens with two attached hydrogens (primary N) is 1. The van der Waals surface area contributed by atoms with Crippen molar-refractivity contribution in [1.82, 2.24) is 15.0 Å². The van der Waals surface area contributed by atoms with Crippen LogP contribution in [0.2, 0.25) is 0 Å². The van der Waals surface area contributed by atoms with Gasteiger partial charge in [0.1, 0.15) is 11.6 Å². The number of halogens is 3. The standard InChI is InChI=1S/C23H26F3N7/c1-12(14-8-15(23(24,25)26)10-16(27)9-14)28-20-18-11-19-22(31-21(18)30-13(2)29-20)33(17-4-5-17)7-6-32(19)3/h8-12,17H,4-7,27H2,1-3H3,(H,28,29,30,31)/t12-/m1/s1. The highest BCUT2D eigenvalue weighted by Gasteiger charge is 2.35. The molecule has 0 spiro atoms. The molecule has 0 radical (unpaired) electrons. The van der Waals surface area contributed by atoms with E-state index in [1.54, 1.807) is 19.9 Å². The number of nitrogens with zero attached hydrogens (tertiary/aromatic N) is 5. The quantitative estimate of drug-likeness (QED) is 0.557. The van der Waals surface area contributed by atoms with E-state index in [0.29, 0.717) is 28.9 Å². The van der Waals surface area contributed by atoms with E-state index < -0.39 is 17.8 Å². The smallest absolute Gasteiger partial charge is 0.399 e. The summed E-state index contributed by atoms with van der Waals surface area (Å²) in [6.07, 6.45) is -2.12. The second kappa shape index (κ2) is 7.64. The van der Waals surface area contributed by atoms with E-state index in [1.165, 1.54) is 12.8 Å². The van der Waals surface area contributed by atoms with Gasteiger partial charge in [0.25, 0.3) is 0 Å². The molecule has 1 aliphatic heterocycles. The molecule has 0 amide bonds. The van der Waals surface area contributed by atoms with E-state index in [9.17, 15) is 13.2 Å². The van der Waals surface area contributed by atoms with Gasteiger partial charge in [-0.2, -0.15) is 13.2 Å². The second-order valence-electron chi connectivity index (χ2n) is 8.92. The maximum atomic E-state index is 13.3. The third-order valence-corrected chi connectivity index (χ3v) is 6.26. The highest BCUT2D eigenvalue weighted by Crippen LogP contribution is 2.41. The molecule has 10 heteroatoms. The largest absolute Gasteiger partial charge is 0.416 e. The number of benzene rings is 1. The first-order chi connectivity index (χ1) is 15.6. The number of aryl methyl sites for hydroxylation is 1. The van der Waals surface area contributed by atoms with Gasteiger partial charge in [0.15, 0.2) is 11.5 Å². The molecule has 0 bridgehead atoms. The van der Waals surface area contributed by atoms with Crippen molar-refractivity contribution in [2.75, 3.05) is 41.0 Å². The van der Waals surface area contributed by atoms with Crippen molar-refractivity contribution < 1.29 is 13.2 Å². The molecular weight excluding hydrogens is 431 g/mol. The predicted octanol–water partition coefficient (Wildman–Crippen LogP) is 4.53. The number of likely N-dealkylation sites (N-methyl/N-ethyl adjacent to an activating group) is 1. The number of anilines is 4. The third-order valence-electron chi connectivity index (χ3n) is 6.26. The minimum Gasteiger partial charge on any atom is -0.399 e. The number of nitrogens with one attached hydrogen (secondary N) is 1. The number of aromatic nitrogens is 3. The van der Waals surface area contributed by atoms with Crippen LogP contribution < -0.4 is 20.9 Å². The monoisotopic (exact) mass is 457 g/mol. The van der Waals surface area contributed by atoms with Gasteiger partial charge < -0.3 is 20.9 Å². The average Bonchev–Trinajstić information content (AvgIpc) is 3.57. The van der Waals surface area contributed by atoms with Gasteiger partial charge in [-0.15, -0.1) is 0 Å². The summed E-state index contributed by atoms with van der Waals surface area (Å²) in [5.41, 5.74) is 7.06. The lowest BCUT2D eigenvalue weighted by Crippen LogP contribution is -2.41. The number of alkyl halides is 3. The van der Waals surface area contributed by atoms with Crippen LogP contribution in [-0.2, 0) is 6.18 Å². The number of fused-ring (bicyclic) bond motifs is 2. The molecule has 5 rings (SSSR count). The van der Waals surface area contributed by atoms with Gasteiger partial charge in [-0.3, -0.25) is 0 Å². The number of hydrogen-bond acceptors (Lipinski definition) is 7. The SMILES string of the molecule is Cc1nc(N[C@H](C)c2cc(N)cc(C(F)(F)F)c2)c2cc3c(nc2n1)N(C1CC1)CCN3C. The first-order valence-electron chi connectivity index (χ1n) is 11.0. The Labute approximate surface area is 189 Å². The fourth-order valence-electron chi connectivity index (χ4n) is 4.35. The Morgan fingerprint density at radius 1 is 1.09 bits per heavy atom. The molecule has 33 heavy (non-hydrogen) atoms. The van der Waals surface area contributed by atoms with Crippen LogP contribution in [0.25, 0.3) is 11.0 Å². The Hall–Kier alpha value is -3.30. The summed E-state index contributed by atoms with van der Waals surface area (Å²) < 4.78 is 39.8. The topological polar surface area (TPSA) is 83.2 Å². The van der Waals surface area contributed by atoms with Crippen LogP contribution in [0.1, 0.15) is 42.8 Å². The zero-order valence-electron chi connectivity index (χ0n) is 18.7. The summed E-state index contributed by atoms with van der Waals surface area (Å²) in [5, 5.41) is 4.00. The van der Waals surface area contributed by atoms with Crippen molar-refractivity contribution in [3.05, 3.63) is 41.2 Å². The summed E-state index contributed by atoms with van der Waals surface area (Å²) in [4.78, 5) is 18.5. The first-order valence-corrected chi connectivity index (χ1v) is 11.0. The maximum Gasteiger partial charge on any atom is 0.416 e. The molecule has 1 fully saturated rings. The van der Waals surface area contributed by atoms with Gasteiger partial charge in [0.05, 0.1) is 22.7 Å². The predicted molar refractivity (Wildman–Crippen MR) is 124 cm³/mol. The number of nitrogen functional groups attached to an aromatic ring is 1. The zero-order chi connectivity index (χ0) is 23.5. The normalized spacial score (nSPS) is 17.3. The minimum atomic E-state index is -4.47. The Morgan fingerprint density at radius 2 is 1.85 bits per heavy atom. The molecule has 0 saturated heterocycles. The van der Waals surface area contributed by atoms with Crippen molar-refractivity contribution in [3.8, 4) is 0 Å². The summed E-state index contributed by atoms with van der Waals surface area (Å²) in [5.74, 6) is 2.00. The van der Waals surface area contributed by atoms with Crippen LogP contribution in [0.5, 0.6) is 0 Å². The Kier molecular flexibility index (Phi) is 4.98. The number of rotatable bonds is 4. The molecule has 1 atom stereocenters. The van der Waals surface area contributed by atoms with Crippen LogP contribution >= 0.6 is 0 Å². The molecule has 174 valence electrons. The molecule has 2 aromatic heterocycles. The van der Waals surface area contributed by atoms with Crippen LogP contribution in [0, 0.1) is 6.92 Å². The average molecular weight is 458 g/mol. The molecule has 1 aromatic carbocycles. The van der Waals surface area contributed by atoms with E-state index in [0.717, 1.165) is 42.1 Å². The number of pyridine rings is 1. The lowest BCUT2D eigenvalue weighted by atomic mass is 10.0. The van der Waals surface area contributed by atoms with E-state index in [-0.39, 0.29) is 5.69 Å². The lowest BCUT2D eigenvalue weighted by molar-refractivity contribution is -0.137. The van der Waals surface area contributed by atoms with Crippen molar-refractivity contribution in [2.24, 2.45) is 0 Å². The second-order valence-corrected chi connectivity index (χ2v) is 8.92. The maximum absolute atomic E-state index is 13.3. The summed E-state index contributed by atoms with van der Waals surface area (Å²) in [6.45, 7) is 5.39. The molecular formula is C23H26F3N7. The Balaban J connectivity index is 1.55. The van der Waals surface area contributed by atoms with Gasteiger partial charge in [0.2, 0.25) is 0 Å². The summed E-state index contributed by atoms with van der Waals surface area (Å²) >= 11 is 0. The number of hydrogen-bond donors (Lipinski definition) is 2. The fourth-order valence-corrected chi connectivity index (χ4v) is 4.35. The van der Waals surface area contributed by atoms with Crippen molar-refractivity contribution in [1.29, 1.82) is 0 Å². The zero-order valence-corrected chi connectivity index (χ0v) is 18.7. The van der Waals surface area contributed by atoms with Crippen molar-refractivity contribution >= 4 is 34.0 Å². The first kappa shape index (κ1) is 21.5. The molecule has 7 nitrogen and oxygen atoms in total. The van der Waals surface area contributed by atoms with Gasteiger partial charge in [0, 0.05) is 31.9 Å². The highest BCUT2D eigenvalue weighted by atomic mass is 19.4. The van der Waals surface area contributed by atoms with Gasteiger partial charge >= 0.3 is 6.18 Å². The van der Waals surface area contributed by atoms with Crippen LogP contribution in [0.15, 0.2) is 24.3 Å². The minimum absolute atomic E-state index is 0.0646. The van der Waals surface area contributed by atoms with Gasteiger partial charge in [-0.1, -0.05) is 0 Å². The highest BCUT2D eigenvalue weighted by molar-refractivity contribution is 5.93. The van der Waals surface area contributed by atoms with E-state index in [4.69, 9.17) is 10.7 Å². The van der Waals surface area contributed by atoms with Crippen LogP contribution in [-0.4, -0.2) is 41.1 Å². The van der Waals surface area contributed by atoms with Crippen LogP contribution in [0.3, 0.4) is 0 Å². The molecule has 1 aliphatic carbocycles. The Bertz CT molecular complexity index is 1220. The van der Waals surface area contributed by atoms with E-state index in [2.05, 4.69) is 25.1 Å². The lowest BCUT2D eigenvalue weighted by Gasteiger charge is -2.36. The molecule has 2 aliphatic rings. The molecule has 1 saturated carbocycles. The third kappa shape index (κ3) is 4.09. The van der Waals surface area contributed by atoms with Gasteiger partial charge in [-0.25, -0.2) is 15.0 Å². The molecule has 3 aromatic rings. The van der Waals surface area contributed by atoms with Crippen LogP contribution in [0.4, 0.5) is 36.2 Å². The fraction of sp³-hybridized carbons (Fsp3) is 0.435. The molecule has 3 heterocycles.